The summed E-state index contributed by atoms with van der Waals surface area (Å²) < 4.78 is 7.09. The maximum atomic E-state index is 6.09. The van der Waals surface area contributed by atoms with Crippen molar-refractivity contribution in [1.29, 1.82) is 0 Å². The Labute approximate surface area is 134 Å². The van der Waals surface area contributed by atoms with Crippen LogP contribution in [0.2, 0.25) is 0 Å². The summed E-state index contributed by atoms with van der Waals surface area (Å²) in [7, 11) is 0. The number of hydrogen-bond acceptors (Lipinski definition) is 2. The van der Waals surface area contributed by atoms with E-state index in [2.05, 4.69) is 36.8 Å². The predicted molar refractivity (Wildman–Crippen MR) is 88.6 cm³/mol. The standard InChI is InChI=1S/C16H11Br2NO/c17-10-11-6-7-12(18)9-16(11)20-15-5-1-4-14-13(15)3-2-8-19-14/h1-9H,10H2. The Balaban J connectivity index is 2.07. The molecule has 0 unspecified atom stereocenters. The fraction of sp³-hybridized carbons (Fsp3) is 0.0625. The molecule has 0 N–H and O–H groups in total. The maximum Gasteiger partial charge on any atom is 0.136 e. The SMILES string of the molecule is BrCc1ccc(Br)cc1Oc1cccc2ncccc12. The second-order valence-corrected chi connectivity index (χ2v) is 5.79. The Morgan fingerprint density at radius 1 is 1.00 bits per heavy atom. The summed E-state index contributed by atoms with van der Waals surface area (Å²) in [6.45, 7) is 0. The quantitative estimate of drug-likeness (QED) is 0.534. The number of aromatic nitrogens is 1. The van der Waals surface area contributed by atoms with Crippen LogP contribution in [-0.4, -0.2) is 4.98 Å². The van der Waals surface area contributed by atoms with Gasteiger partial charge in [-0.1, -0.05) is 44.0 Å². The van der Waals surface area contributed by atoms with Crippen LogP contribution >= 0.6 is 31.9 Å². The Kier molecular flexibility index (Phi) is 4.03. The Hall–Kier alpha value is -1.39. The van der Waals surface area contributed by atoms with Gasteiger partial charge in [-0.3, -0.25) is 4.98 Å². The topological polar surface area (TPSA) is 22.1 Å². The van der Waals surface area contributed by atoms with Crippen molar-refractivity contribution in [2.75, 3.05) is 0 Å². The van der Waals surface area contributed by atoms with Crippen LogP contribution in [0.15, 0.2) is 59.2 Å². The average Bonchev–Trinajstić information content (AvgIpc) is 2.48. The third-order valence-corrected chi connectivity index (χ3v) is 4.10. The van der Waals surface area contributed by atoms with Crippen LogP contribution < -0.4 is 4.74 Å². The van der Waals surface area contributed by atoms with E-state index in [1.165, 1.54) is 0 Å². The lowest BCUT2D eigenvalue weighted by molar-refractivity contribution is 0.484. The molecule has 1 heterocycles. The van der Waals surface area contributed by atoms with E-state index in [0.717, 1.165) is 37.8 Å². The minimum absolute atomic E-state index is 0.749. The van der Waals surface area contributed by atoms with Crippen molar-refractivity contribution in [1.82, 2.24) is 4.98 Å². The lowest BCUT2D eigenvalue weighted by Crippen LogP contribution is -1.91. The average molecular weight is 393 g/mol. The van der Waals surface area contributed by atoms with Crippen molar-refractivity contribution in [3.8, 4) is 11.5 Å². The second-order valence-electron chi connectivity index (χ2n) is 4.31. The molecule has 0 amide bonds. The summed E-state index contributed by atoms with van der Waals surface area (Å²) in [6.07, 6.45) is 1.79. The van der Waals surface area contributed by atoms with Gasteiger partial charge < -0.3 is 4.74 Å². The van der Waals surface area contributed by atoms with Crippen molar-refractivity contribution in [3.63, 3.8) is 0 Å². The molecule has 2 nitrogen and oxygen atoms in total. The zero-order valence-corrected chi connectivity index (χ0v) is 13.7. The first-order chi connectivity index (χ1) is 9.78. The van der Waals surface area contributed by atoms with Gasteiger partial charge in [0, 0.05) is 26.9 Å². The van der Waals surface area contributed by atoms with Crippen LogP contribution in [0.5, 0.6) is 11.5 Å². The second kappa shape index (κ2) is 5.94. The molecular weight excluding hydrogens is 382 g/mol. The van der Waals surface area contributed by atoms with Crippen LogP contribution in [0.4, 0.5) is 0 Å². The first-order valence-corrected chi connectivity index (χ1v) is 8.05. The van der Waals surface area contributed by atoms with Gasteiger partial charge in [-0.25, -0.2) is 0 Å². The summed E-state index contributed by atoms with van der Waals surface area (Å²) in [6, 6.07) is 15.9. The van der Waals surface area contributed by atoms with Crippen LogP contribution in [0.1, 0.15) is 5.56 Å². The van der Waals surface area contributed by atoms with Crippen LogP contribution in [0.25, 0.3) is 10.9 Å². The van der Waals surface area contributed by atoms with E-state index in [4.69, 9.17) is 4.74 Å². The van der Waals surface area contributed by atoms with E-state index in [9.17, 15) is 0 Å². The molecule has 0 saturated carbocycles. The Bertz CT molecular complexity index is 753. The van der Waals surface area contributed by atoms with Crippen molar-refractivity contribution in [2.24, 2.45) is 0 Å². The fourth-order valence-electron chi connectivity index (χ4n) is 2.02. The molecule has 3 aromatic rings. The number of hydrogen-bond donors (Lipinski definition) is 0. The number of ether oxygens (including phenoxy) is 1. The number of benzene rings is 2. The van der Waals surface area contributed by atoms with E-state index >= 15 is 0 Å². The van der Waals surface area contributed by atoms with Crippen molar-refractivity contribution in [3.05, 3.63) is 64.8 Å². The molecule has 0 aliphatic heterocycles. The summed E-state index contributed by atoms with van der Waals surface area (Å²) in [4.78, 5) is 4.35. The minimum Gasteiger partial charge on any atom is -0.456 e. The highest BCUT2D eigenvalue weighted by atomic mass is 79.9. The molecule has 2 aromatic carbocycles. The minimum atomic E-state index is 0.749. The van der Waals surface area contributed by atoms with E-state index < -0.39 is 0 Å². The lowest BCUT2D eigenvalue weighted by atomic mass is 10.2. The highest BCUT2D eigenvalue weighted by Gasteiger charge is 2.08. The highest BCUT2D eigenvalue weighted by molar-refractivity contribution is 9.10. The number of pyridine rings is 1. The maximum absolute atomic E-state index is 6.09. The molecule has 4 heteroatoms. The molecule has 0 fully saturated rings. The van der Waals surface area contributed by atoms with E-state index in [1.54, 1.807) is 6.20 Å². The number of halogens is 2. The molecule has 0 radical (unpaired) electrons. The van der Waals surface area contributed by atoms with Crippen LogP contribution in [0, 0.1) is 0 Å². The van der Waals surface area contributed by atoms with Crippen molar-refractivity contribution >= 4 is 42.8 Å². The van der Waals surface area contributed by atoms with Gasteiger partial charge in [0.1, 0.15) is 11.5 Å². The summed E-state index contributed by atoms with van der Waals surface area (Å²) >= 11 is 6.97. The monoisotopic (exact) mass is 391 g/mol. The van der Waals surface area contributed by atoms with Gasteiger partial charge in [0.15, 0.2) is 0 Å². The molecule has 0 aliphatic rings. The van der Waals surface area contributed by atoms with Gasteiger partial charge >= 0.3 is 0 Å². The van der Waals surface area contributed by atoms with Crippen molar-refractivity contribution in [2.45, 2.75) is 5.33 Å². The van der Waals surface area contributed by atoms with Gasteiger partial charge in [0.2, 0.25) is 0 Å². The highest BCUT2D eigenvalue weighted by Crippen LogP contribution is 2.33. The molecule has 0 atom stereocenters. The smallest absolute Gasteiger partial charge is 0.136 e. The summed E-state index contributed by atoms with van der Waals surface area (Å²) in [5.41, 5.74) is 2.04. The molecule has 3 rings (SSSR count). The summed E-state index contributed by atoms with van der Waals surface area (Å²) in [5.74, 6) is 1.66. The van der Waals surface area contributed by atoms with Crippen molar-refractivity contribution < 1.29 is 4.74 Å². The molecule has 100 valence electrons. The lowest BCUT2D eigenvalue weighted by Gasteiger charge is -2.12. The number of nitrogens with zero attached hydrogens (tertiary/aromatic N) is 1. The Morgan fingerprint density at radius 3 is 2.75 bits per heavy atom. The first kappa shape index (κ1) is 13.6. The number of fused-ring (bicyclic) bond motifs is 1. The van der Waals surface area contributed by atoms with Crippen LogP contribution in [0.3, 0.4) is 0 Å². The van der Waals surface area contributed by atoms with Gasteiger partial charge in [-0.2, -0.15) is 0 Å². The van der Waals surface area contributed by atoms with Gasteiger partial charge in [0.05, 0.1) is 5.52 Å². The fourth-order valence-corrected chi connectivity index (χ4v) is 2.82. The van der Waals surface area contributed by atoms with E-state index in [-0.39, 0.29) is 0 Å². The van der Waals surface area contributed by atoms with Gasteiger partial charge in [-0.15, -0.1) is 0 Å². The number of alkyl halides is 1. The molecule has 0 aliphatic carbocycles. The van der Waals surface area contributed by atoms with E-state index in [0.29, 0.717) is 0 Å². The molecular formula is C16H11Br2NO. The number of rotatable bonds is 3. The third-order valence-electron chi connectivity index (χ3n) is 3.00. The largest absolute Gasteiger partial charge is 0.456 e. The molecule has 0 saturated heterocycles. The normalized spacial score (nSPS) is 10.7. The first-order valence-electron chi connectivity index (χ1n) is 6.14. The molecule has 0 bridgehead atoms. The van der Waals surface area contributed by atoms with Gasteiger partial charge in [0.25, 0.3) is 0 Å². The molecule has 1 aromatic heterocycles. The molecule has 0 spiro atoms. The van der Waals surface area contributed by atoms with Crippen LogP contribution in [-0.2, 0) is 5.33 Å². The van der Waals surface area contributed by atoms with E-state index in [1.807, 2.05) is 48.5 Å². The molecule has 20 heavy (non-hydrogen) atoms. The predicted octanol–water partition coefficient (Wildman–Crippen LogP) is 5.68. The zero-order chi connectivity index (χ0) is 13.9. The zero-order valence-electron chi connectivity index (χ0n) is 10.5. The Morgan fingerprint density at radius 2 is 1.90 bits per heavy atom. The summed E-state index contributed by atoms with van der Waals surface area (Å²) in [5, 5.41) is 1.76. The third kappa shape index (κ3) is 2.72. The van der Waals surface area contributed by atoms with Gasteiger partial charge in [-0.05, 0) is 36.4 Å².